The van der Waals surface area contributed by atoms with Crippen LogP contribution in [0.15, 0.2) is 23.0 Å². The number of piperidine rings is 1. The molecule has 0 N–H and O–H groups in total. The molecule has 1 atom stereocenters. The molecular weight excluding hydrogens is 352 g/mol. The zero-order valence-corrected chi connectivity index (χ0v) is 16.9. The molecule has 0 amide bonds. The molecule has 0 bridgehead atoms. The molecular formula is C21H26N6O. The Morgan fingerprint density at radius 2 is 1.89 bits per heavy atom. The third-order valence-corrected chi connectivity index (χ3v) is 5.29. The van der Waals surface area contributed by atoms with Gasteiger partial charge in [0, 0.05) is 24.6 Å². The monoisotopic (exact) mass is 378 g/mol. The Labute approximate surface area is 165 Å². The third-order valence-electron chi connectivity index (χ3n) is 5.29. The Morgan fingerprint density at radius 3 is 2.61 bits per heavy atom. The van der Waals surface area contributed by atoms with Crippen molar-refractivity contribution < 1.29 is 4.52 Å². The fourth-order valence-electron chi connectivity index (χ4n) is 3.90. The lowest BCUT2D eigenvalue weighted by atomic mass is 9.98. The van der Waals surface area contributed by atoms with Gasteiger partial charge in [0.2, 0.25) is 0 Å². The Kier molecular flexibility index (Phi) is 5.17. The minimum atomic E-state index is 0.248. The second kappa shape index (κ2) is 7.75. The molecule has 7 heteroatoms. The lowest BCUT2D eigenvalue weighted by Crippen LogP contribution is -2.34. The average Bonchev–Trinajstić information content (AvgIpc) is 3.02. The minimum Gasteiger partial charge on any atom is -0.361 e. The van der Waals surface area contributed by atoms with Gasteiger partial charge in [0.15, 0.2) is 5.82 Å². The maximum atomic E-state index is 5.33. The van der Waals surface area contributed by atoms with E-state index >= 15 is 0 Å². The van der Waals surface area contributed by atoms with Crippen LogP contribution in [-0.2, 0) is 6.54 Å². The van der Waals surface area contributed by atoms with Gasteiger partial charge in [0.05, 0.1) is 34.4 Å². The normalized spacial score (nSPS) is 17.8. The van der Waals surface area contributed by atoms with E-state index in [9.17, 15) is 0 Å². The summed E-state index contributed by atoms with van der Waals surface area (Å²) in [7, 11) is 0. The summed E-state index contributed by atoms with van der Waals surface area (Å²) in [4.78, 5) is 21.0. The molecule has 1 saturated heterocycles. The number of likely N-dealkylation sites (tertiary alicyclic amines) is 1. The number of hydrogen-bond donors (Lipinski definition) is 0. The van der Waals surface area contributed by atoms with Gasteiger partial charge in [-0.05, 0) is 53.1 Å². The summed E-state index contributed by atoms with van der Waals surface area (Å²) in [6, 6.07) is 2.35. The van der Waals surface area contributed by atoms with E-state index in [4.69, 9.17) is 9.51 Å². The minimum absolute atomic E-state index is 0.248. The molecule has 3 aromatic rings. The van der Waals surface area contributed by atoms with Crippen LogP contribution in [0.1, 0.15) is 59.5 Å². The zero-order chi connectivity index (χ0) is 19.7. The van der Waals surface area contributed by atoms with E-state index in [0.717, 1.165) is 59.3 Å². The molecule has 0 aromatic carbocycles. The highest BCUT2D eigenvalue weighted by Gasteiger charge is 2.27. The topological polar surface area (TPSA) is 80.8 Å². The van der Waals surface area contributed by atoms with Crippen molar-refractivity contribution in [3.05, 3.63) is 52.7 Å². The van der Waals surface area contributed by atoms with Gasteiger partial charge in [-0.3, -0.25) is 14.9 Å². The molecule has 1 aliphatic heterocycles. The highest BCUT2D eigenvalue weighted by atomic mass is 16.5. The van der Waals surface area contributed by atoms with Gasteiger partial charge in [-0.1, -0.05) is 11.6 Å². The van der Waals surface area contributed by atoms with Crippen LogP contribution >= 0.6 is 0 Å². The molecule has 1 aliphatic rings. The molecule has 4 heterocycles. The Bertz CT molecular complexity index is 946. The quantitative estimate of drug-likeness (QED) is 0.681. The molecule has 0 radical (unpaired) electrons. The highest BCUT2D eigenvalue weighted by Crippen LogP contribution is 2.33. The summed E-state index contributed by atoms with van der Waals surface area (Å²) in [6.07, 6.45) is 7.18. The van der Waals surface area contributed by atoms with E-state index in [1.54, 1.807) is 0 Å². The van der Waals surface area contributed by atoms with Crippen molar-refractivity contribution in [2.45, 2.75) is 59.5 Å². The largest absolute Gasteiger partial charge is 0.361 e. The van der Waals surface area contributed by atoms with Crippen LogP contribution < -0.4 is 0 Å². The van der Waals surface area contributed by atoms with Crippen LogP contribution in [0.3, 0.4) is 0 Å². The van der Waals surface area contributed by atoms with Crippen LogP contribution in [0.4, 0.5) is 0 Å². The SMILES string of the molecule is Cc1cnc(CN2CCCC[C@H]2c2cc(C)nc(-c3c(C)noc3C)n2)cn1. The summed E-state index contributed by atoms with van der Waals surface area (Å²) >= 11 is 0. The van der Waals surface area contributed by atoms with E-state index in [1.807, 2.05) is 40.1 Å². The predicted octanol–water partition coefficient (Wildman–Crippen LogP) is 3.88. The number of hydrogen-bond acceptors (Lipinski definition) is 7. The first-order valence-electron chi connectivity index (χ1n) is 9.81. The first-order chi connectivity index (χ1) is 13.5. The van der Waals surface area contributed by atoms with E-state index in [-0.39, 0.29) is 6.04 Å². The summed E-state index contributed by atoms with van der Waals surface area (Å²) < 4.78 is 5.33. The Balaban J connectivity index is 1.66. The summed E-state index contributed by atoms with van der Waals surface area (Å²) in [5.41, 5.74) is 5.67. The molecule has 28 heavy (non-hydrogen) atoms. The third kappa shape index (κ3) is 3.80. The van der Waals surface area contributed by atoms with Gasteiger partial charge in [-0.2, -0.15) is 0 Å². The van der Waals surface area contributed by atoms with Crippen molar-refractivity contribution >= 4 is 0 Å². The smallest absolute Gasteiger partial charge is 0.165 e. The van der Waals surface area contributed by atoms with Gasteiger partial charge in [-0.15, -0.1) is 0 Å². The zero-order valence-electron chi connectivity index (χ0n) is 16.9. The number of aromatic nitrogens is 5. The van der Waals surface area contributed by atoms with Crippen LogP contribution in [0.25, 0.3) is 11.4 Å². The Morgan fingerprint density at radius 1 is 1.04 bits per heavy atom. The van der Waals surface area contributed by atoms with Crippen LogP contribution in [-0.4, -0.2) is 36.5 Å². The lowest BCUT2D eigenvalue weighted by Gasteiger charge is -2.35. The van der Waals surface area contributed by atoms with Crippen molar-refractivity contribution in [1.82, 2.24) is 30.0 Å². The van der Waals surface area contributed by atoms with E-state index in [1.165, 1.54) is 12.8 Å². The van der Waals surface area contributed by atoms with Crippen LogP contribution in [0.5, 0.6) is 0 Å². The van der Waals surface area contributed by atoms with Gasteiger partial charge < -0.3 is 4.52 Å². The molecule has 7 nitrogen and oxygen atoms in total. The maximum absolute atomic E-state index is 5.33. The van der Waals surface area contributed by atoms with Gasteiger partial charge in [0.1, 0.15) is 5.76 Å². The second-order valence-electron chi connectivity index (χ2n) is 7.59. The first kappa shape index (κ1) is 18.7. The van der Waals surface area contributed by atoms with E-state index in [2.05, 4.69) is 31.1 Å². The number of aryl methyl sites for hydroxylation is 4. The van der Waals surface area contributed by atoms with Gasteiger partial charge in [-0.25, -0.2) is 9.97 Å². The molecule has 146 valence electrons. The maximum Gasteiger partial charge on any atom is 0.165 e. The van der Waals surface area contributed by atoms with Crippen molar-refractivity contribution in [1.29, 1.82) is 0 Å². The molecule has 0 aliphatic carbocycles. The summed E-state index contributed by atoms with van der Waals surface area (Å²) in [6.45, 7) is 9.63. The number of nitrogens with zero attached hydrogens (tertiary/aromatic N) is 6. The van der Waals surface area contributed by atoms with Crippen LogP contribution in [0, 0.1) is 27.7 Å². The molecule has 0 spiro atoms. The predicted molar refractivity (Wildman–Crippen MR) is 106 cm³/mol. The number of rotatable bonds is 4. The van der Waals surface area contributed by atoms with E-state index in [0.29, 0.717) is 5.82 Å². The highest BCUT2D eigenvalue weighted by molar-refractivity contribution is 5.60. The summed E-state index contributed by atoms with van der Waals surface area (Å²) in [5, 5.41) is 4.06. The first-order valence-corrected chi connectivity index (χ1v) is 9.81. The lowest BCUT2D eigenvalue weighted by molar-refractivity contribution is 0.135. The van der Waals surface area contributed by atoms with Crippen molar-refractivity contribution in [2.24, 2.45) is 0 Å². The second-order valence-corrected chi connectivity index (χ2v) is 7.59. The standard InChI is InChI=1S/C21H26N6O/c1-13-9-18(25-21(24-13)20-15(3)26-28-16(20)4)19-7-5-6-8-27(19)12-17-11-22-14(2)10-23-17/h9-11,19H,5-8,12H2,1-4H3/t19-/m0/s1. The molecule has 0 saturated carbocycles. The Hall–Kier alpha value is -2.67. The fraction of sp³-hybridized carbons (Fsp3) is 0.476. The van der Waals surface area contributed by atoms with Gasteiger partial charge >= 0.3 is 0 Å². The van der Waals surface area contributed by atoms with E-state index < -0.39 is 0 Å². The van der Waals surface area contributed by atoms with Gasteiger partial charge in [0.25, 0.3) is 0 Å². The average molecular weight is 378 g/mol. The molecule has 4 rings (SSSR count). The van der Waals surface area contributed by atoms with Crippen molar-refractivity contribution in [2.75, 3.05) is 6.54 Å². The summed E-state index contributed by atoms with van der Waals surface area (Å²) in [5.74, 6) is 1.45. The molecule has 1 fully saturated rings. The van der Waals surface area contributed by atoms with Crippen molar-refractivity contribution in [3.8, 4) is 11.4 Å². The van der Waals surface area contributed by atoms with Crippen molar-refractivity contribution in [3.63, 3.8) is 0 Å². The van der Waals surface area contributed by atoms with Crippen LogP contribution in [0.2, 0.25) is 0 Å². The molecule has 3 aromatic heterocycles. The fourth-order valence-corrected chi connectivity index (χ4v) is 3.90. The molecule has 0 unspecified atom stereocenters.